The van der Waals surface area contributed by atoms with Crippen LogP contribution in [-0.4, -0.2) is 111 Å². The number of anilines is 1. The monoisotopic (exact) mass is 1170 g/mol. The second kappa shape index (κ2) is 31.1. The van der Waals surface area contributed by atoms with E-state index >= 15 is 0 Å². The van der Waals surface area contributed by atoms with Gasteiger partial charge in [0.25, 0.3) is 15.9 Å². The van der Waals surface area contributed by atoms with Gasteiger partial charge in [0.15, 0.2) is 11.5 Å². The highest BCUT2D eigenvalue weighted by molar-refractivity contribution is 7.92. The maximum atomic E-state index is 13.2. The summed E-state index contributed by atoms with van der Waals surface area (Å²) < 4.78 is 44.6. The number of aliphatic carboxylic acids is 1. The summed E-state index contributed by atoms with van der Waals surface area (Å²) in [5, 5.41) is 51.3. The number of nitrogens with zero attached hydrogens (tertiary/aromatic N) is 1. The summed E-state index contributed by atoms with van der Waals surface area (Å²) in [6, 6.07) is 48.7. The van der Waals surface area contributed by atoms with Crippen LogP contribution in [-0.2, 0) is 21.2 Å². The van der Waals surface area contributed by atoms with Gasteiger partial charge < -0.3 is 61.3 Å². The number of hydrogen-bond acceptors (Lipinski definition) is 13. The van der Waals surface area contributed by atoms with Crippen molar-refractivity contribution in [1.29, 1.82) is 0 Å². The number of aryl methyl sites for hydroxylation is 1. The number of phenols is 1. The number of unbranched alkanes of at least 4 members (excludes halogenated alkanes) is 3. The Morgan fingerprint density at radius 3 is 2.23 bits per heavy atom. The van der Waals surface area contributed by atoms with Crippen LogP contribution in [0.5, 0.6) is 23.0 Å². The Morgan fingerprint density at radius 2 is 1.46 bits per heavy atom. The van der Waals surface area contributed by atoms with Crippen molar-refractivity contribution < 1.29 is 52.6 Å². The Hall–Kier alpha value is -7.68. The normalized spacial score (nSPS) is 14.3. The van der Waals surface area contributed by atoms with Crippen molar-refractivity contribution >= 4 is 61.0 Å². The van der Waals surface area contributed by atoms with E-state index < -0.39 is 34.1 Å². The zero-order valence-corrected chi connectivity index (χ0v) is 48.5. The Morgan fingerprint density at radius 1 is 0.759 bits per heavy atom. The van der Waals surface area contributed by atoms with Crippen molar-refractivity contribution in [3.8, 4) is 23.0 Å². The molecule has 0 aliphatic carbocycles. The number of halogens is 1. The highest BCUT2D eigenvalue weighted by Gasteiger charge is 2.35. The lowest BCUT2D eigenvalue weighted by Gasteiger charge is -2.22. The van der Waals surface area contributed by atoms with E-state index in [2.05, 4.69) is 46.1 Å². The summed E-state index contributed by atoms with van der Waals surface area (Å²) >= 11 is 6.12. The Balaban J connectivity index is 0.000000180. The fraction of sp³-hybridized carbons (Fsp3) is 0.312. The molecule has 7 aromatic carbocycles. The number of nitrogens with two attached hydrogens (primary N) is 1. The number of ether oxygens (including phenoxy) is 3. The number of carbonyl (C=O) groups is 2. The first-order chi connectivity index (χ1) is 40.0. The molecule has 2 heterocycles. The smallest absolute Gasteiger partial charge is 0.303 e. The number of carbonyl (C=O) groups excluding carboxylic acids is 1. The van der Waals surface area contributed by atoms with Crippen molar-refractivity contribution in [3.63, 3.8) is 0 Å². The molecule has 0 fully saturated rings. The molecule has 9 rings (SSSR count). The first-order valence-corrected chi connectivity index (χ1v) is 29.5. The summed E-state index contributed by atoms with van der Waals surface area (Å²) in [7, 11) is -0.546. The number of rotatable bonds is 26. The molecule has 440 valence electrons. The molecule has 0 saturated carbocycles. The average Bonchev–Trinajstić information content (AvgIpc) is 4.04. The van der Waals surface area contributed by atoms with Gasteiger partial charge in [-0.15, -0.1) is 0 Å². The van der Waals surface area contributed by atoms with Crippen molar-refractivity contribution in [3.05, 3.63) is 191 Å². The third-order valence-corrected chi connectivity index (χ3v) is 16.2. The quantitative estimate of drug-likeness (QED) is 0.0229. The van der Waals surface area contributed by atoms with Crippen LogP contribution < -0.4 is 40.2 Å². The number of benzene rings is 7. The van der Waals surface area contributed by atoms with E-state index in [0.717, 1.165) is 65.2 Å². The predicted molar refractivity (Wildman–Crippen MR) is 327 cm³/mol. The van der Waals surface area contributed by atoms with Gasteiger partial charge in [-0.1, -0.05) is 122 Å². The molecule has 0 saturated heterocycles. The van der Waals surface area contributed by atoms with Crippen molar-refractivity contribution in [2.75, 3.05) is 57.9 Å². The van der Waals surface area contributed by atoms with Gasteiger partial charge in [0.05, 0.1) is 40.9 Å². The number of amides is 1. The molecule has 17 nitrogen and oxygen atoms in total. The van der Waals surface area contributed by atoms with Gasteiger partial charge in [-0.25, -0.2) is 8.42 Å². The average molecular weight is 1170 g/mol. The molecule has 0 radical (unpaired) electrons. The SMILES string of the molecule is CC(CCc1ccccc1)NCC(O)c1ccc(O)c(C(N)=O)c1.CN1c2ccccc2C(NCCCCCCC(=O)O)c2ccc(Cl)cc2S1(=O)=O.COc1ccccc1OCCNCC(O)COc1cccc2[nH]c3ccccc3c12. The summed E-state index contributed by atoms with van der Waals surface area (Å²) in [6.45, 7) is 4.83. The number of H-pyrrole nitrogens is 1. The third-order valence-electron chi connectivity index (χ3n) is 14.1. The van der Waals surface area contributed by atoms with Crippen LogP contribution in [0.2, 0.25) is 5.02 Å². The predicted octanol–water partition coefficient (Wildman–Crippen LogP) is 10.1. The molecular weight excluding hydrogens is 1100 g/mol. The van der Waals surface area contributed by atoms with Gasteiger partial charge in [-0.2, -0.15) is 0 Å². The van der Waals surface area contributed by atoms with Crippen molar-refractivity contribution in [2.45, 2.75) is 81.1 Å². The highest BCUT2D eigenvalue weighted by Crippen LogP contribution is 2.41. The topological polar surface area (TPSA) is 258 Å². The molecule has 10 N–H and O–H groups in total. The number of carboxylic acid groups (broad SMARTS) is 1. The fourth-order valence-electron chi connectivity index (χ4n) is 9.65. The highest BCUT2D eigenvalue weighted by atomic mass is 35.5. The van der Waals surface area contributed by atoms with Gasteiger partial charge in [0.1, 0.15) is 30.8 Å². The van der Waals surface area contributed by atoms with Crippen molar-refractivity contribution in [2.24, 2.45) is 5.73 Å². The van der Waals surface area contributed by atoms with Crippen molar-refractivity contribution in [1.82, 2.24) is 20.9 Å². The van der Waals surface area contributed by atoms with E-state index in [-0.39, 0.29) is 41.3 Å². The lowest BCUT2D eigenvalue weighted by Crippen LogP contribution is -2.33. The number of nitrogens with one attached hydrogen (secondary N) is 4. The van der Waals surface area contributed by atoms with Gasteiger partial charge in [0, 0.05) is 60.5 Å². The minimum Gasteiger partial charge on any atom is -0.507 e. The Kier molecular flexibility index (Phi) is 23.6. The van der Waals surface area contributed by atoms with Gasteiger partial charge >= 0.3 is 5.97 Å². The zero-order chi connectivity index (χ0) is 59.3. The Bertz CT molecular complexity index is 3500. The first-order valence-electron chi connectivity index (χ1n) is 27.7. The number of aliphatic hydroxyl groups is 2. The maximum absolute atomic E-state index is 13.2. The van der Waals surface area contributed by atoms with E-state index in [4.69, 9.17) is 36.7 Å². The molecule has 0 spiro atoms. The maximum Gasteiger partial charge on any atom is 0.303 e. The second-order valence-electron chi connectivity index (χ2n) is 20.2. The van der Waals surface area contributed by atoms with Gasteiger partial charge in [-0.3, -0.25) is 13.9 Å². The number of para-hydroxylation sites is 4. The number of sulfonamides is 1. The van der Waals surface area contributed by atoms with Crippen LogP contribution in [0, 0.1) is 0 Å². The number of fused-ring (bicyclic) bond motifs is 5. The molecule has 8 aromatic rings. The first kappa shape index (κ1) is 62.9. The van der Waals surface area contributed by atoms with Crippen LogP contribution in [0.25, 0.3) is 21.8 Å². The zero-order valence-electron chi connectivity index (χ0n) is 47.0. The summed E-state index contributed by atoms with van der Waals surface area (Å²) in [5.41, 5.74) is 11.4. The minimum atomic E-state index is -3.72. The Labute approximate surface area is 490 Å². The number of aromatic nitrogens is 1. The van der Waals surface area contributed by atoms with E-state index in [9.17, 15) is 33.3 Å². The van der Waals surface area contributed by atoms with Gasteiger partial charge in [0.2, 0.25) is 0 Å². The number of methoxy groups -OCH3 is 1. The third kappa shape index (κ3) is 17.7. The number of primary amides is 1. The molecule has 19 heteroatoms. The molecule has 1 aliphatic heterocycles. The second-order valence-corrected chi connectivity index (χ2v) is 22.5. The summed E-state index contributed by atoms with van der Waals surface area (Å²) in [5.74, 6) is 0.519. The molecule has 0 bridgehead atoms. The summed E-state index contributed by atoms with van der Waals surface area (Å²) in [6.07, 6.45) is 4.05. The van der Waals surface area contributed by atoms with Crippen LogP contribution >= 0.6 is 11.6 Å². The number of aromatic hydroxyl groups is 1. The number of carboxylic acids is 1. The molecule has 1 aliphatic rings. The molecule has 4 unspecified atom stereocenters. The standard InChI is InChI=1S/C24H26N2O4.C21H25ClN2O4S.C19H24N2O3/c1-28-21-10-4-5-11-22(21)29-14-13-25-15-17(27)16-30-23-12-6-9-20-24(23)18-7-2-3-8-19(18)26-20;1-24-18-9-6-5-8-16(18)21(23-13-7-3-2-4-10-20(25)26)17-12-11-15(22)14-19(17)29(24,27)28;1-13(7-8-14-5-3-2-4-6-14)21-12-18(23)15-9-10-17(22)16(11-15)19(20)24/h2-12,17,25-27H,13-16H2,1H3;5-6,8-9,11-12,14,21,23H,2-4,7,10,13H2,1H3,(H,25,26);2-6,9-11,13,18,21-23H,7-8,12H2,1H3,(H2,20,24). The lowest BCUT2D eigenvalue weighted by molar-refractivity contribution is -0.137. The van der Waals surface area contributed by atoms with Crippen LogP contribution in [0.4, 0.5) is 5.69 Å². The molecule has 1 amide bonds. The van der Waals surface area contributed by atoms with Crippen LogP contribution in [0.3, 0.4) is 0 Å². The molecule has 1 aromatic heterocycles. The fourth-order valence-corrected chi connectivity index (χ4v) is 11.4. The van der Waals surface area contributed by atoms with Crippen LogP contribution in [0.1, 0.15) is 90.2 Å². The van der Waals surface area contributed by atoms with E-state index in [1.807, 2.05) is 97.1 Å². The molecule has 83 heavy (non-hydrogen) atoms. The largest absolute Gasteiger partial charge is 0.507 e. The molecular formula is C64H75ClN6O11S. The van der Waals surface area contributed by atoms with E-state index in [1.54, 1.807) is 38.4 Å². The van der Waals surface area contributed by atoms with E-state index in [0.29, 0.717) is 72.5 Å². The van der Waals surface area contributed by atoms with E-state index in [1.165, 1.54) is 28.1 Å². The lowest BCUT2D eigenvalue weighted by atomic mass is 9.96. The van der Waals surface area contributed by atoms with Gasteiger partial charge in [-0.05, 0) is 122 Å². The number of hydrogen-bond donors (Lipinski definition) is 9. The molecule has 4 atom stereocenters. The van der Waals surface area contributed by atoms with Crippen LogP contribution in [0.15, 0.2) is 163 Å². The minimum absolute atomic E-state index is 0.0173. The summed E-state index contributed by atoms with van der Waals surface area (Å²) in [4.78, 5) is 25.4. The number of aliphatic hydroxyl groups excluding tert-OH is 2. The number of aromatic amines is 1.